The molecule has 0 bridgehead atoms. The second-order valence-electron chi connectivity index (χ2n) is 5.01. The van der Waals surface area contributed by atoms with Gasteiger partial charge in [0, 0.05) is 36.8 Å². The maximum absolute atomic E-state index is 5.95. The number of rotatable bonds is 2. The van der Waals surface area contributed by atoms with Gasteiger partial charge in [0.05, 0.1) is 5.69 Å². The Kier molecular flexibility index (Phi) is 4.53. The van der Waals surface area contributed by atoms with E-state index in [4.69, 9.17) is 16.6 Å². The summed E-state index contributed by atoms with van der Waals surface area (Å²) in [5.41, 5.74) is 2.08. The predicted octanol–water partition coefficient (Wildman–Crippen LogP) is 3.32. The Morgan fingerprint density at radius 1 is 0.952 bits per heavy atom. The Morgan fingerprint density at radius 2 is 1.62 bits per heavy atom. The third-order valence-electron chi connectivity index (χ3n) is 3.51. The van der Waals surface area contributed by atoms with Gasteiger partial charge >= 0.3 is 0 Å². The lowest BCUT2D eigenvalue weighted by Gasteiger charge is -2.30. The zero-order valence-electron chi connectivity index (χ0n) is 11.8. The molecule has 0 unspecified atom stereocenters. The van der Waals surface area contributed by atoms with Crippen molar-refractivity contribution in [2.24, 2.45) is 4.99 Å². The van der Waals surface area contributed by atoms with Gasteiger partial charge in [0.15, 0.2) is 0 Å². The van der Waals surface area contributed by atoms with Gasteiger partial charge in [-0.25, -0.2) is 4.99 Å². The minimum absolute atomic E-state index is 0.734. The molecule has 1 aliphatic rings. The van der Waals surface area contributed by atoms with E-state index in [-0.39, 0.29) is 0 Å². The van der Waals surface area contributed by atoms with Crippen LogP contribution in [0.2, 0.25) is 5.02 Å². The summed E-state index contributed by atoms with van der Waals surface area (Å²) in [5.74, 6) is 1.03. The molecule has 2 aromatic rings. The molecule has 1 aliphatic heterocycles. The Hall–Kier alpha value is -1.84. The molecule has 4 heteroatoms. The Bertz CT molecular complexity index is 602. The minimum Gasteiger partial charge on any atom is -0.354 e. The van der Waals surface area contributed by atoms with E-state index in [2.05, 4.69) is 34.5 Å². The van der Waals surface area contributed by atoms with Crippen LogP contribution in [0.5, 0.6) is 0 Å². The first-order valence-electron chi connectivity index (χ1n) is 7.18. The molecule has 0 aliphatic carbocycles. The molecule has 108 valence electrons. The van der Waals surface area contributed by atoms with E-state index >= 15 is 0 Å². The Morgan fingerprint density at radius 3 is 2.29 bits per heavy atom. The molecule has 0 atom stereocenters. The van der Waals surface area contributed by atoms with E-state index in [1.165, 1.54) is 0 Å². The molecule has 0 amide bonds. The van der Waals surface area contributed by atoms with Crippen molar-refractivity contribution in [1.82, 2.24) is 10.2 Å². The van der Waals surface area contributed by atoms with Gasteiger partial charge in [-0.15, -0.1) is 0 Å². The number of benzene rings is 2. The van der Waals surface area contributed by atoms with Crippen molar-refractivity contribution in [2.45, 2.75) is 0 Å². The molecule has 0 aromatic heterocycles. The summed E-state index contributed by atoms with van der Waals surface area (Å²) in [6, 6.07) is 18.0. The zero-order valence-corrected chi connectivity index (χ0v) is 12.6. The van der Waals surface area contributed by atoms with Gasteiger partial charge < -0.3 is 10.2 Å². The van der Waals surface area contributed by atoms with Gasteiger partial charge in [0.1, 0.15) is 5.84 Å². The number of amidine groups is 1. The van der Waals surface area contributed by atoms with E-state index in [1.807, 2.05) is 30.3 Å². The first-order valence-corrected chi connectivity index (χ1v) is 7.56. The number of hydrogen-bond donors (Lipinski definition) is 1. The molecule has 0 radical (unpaired) electrons. The number of aliphatic imine (C=N–C) groups is 1. The standard InChI is InChI=1S/C17H18ClN3/c18-15-6-8-16(9-7-15)20-17(14-4-2-1-3-5-14)21-12-10-19-11-13-21/h1-9,19H,10-13H2. The molecule has 3 rings (SSSR count). The maximum Gasteiger partial charge on any atom is 0.136 e. The lowest BCUT2D eigenvalue weighted by Crippen LogP contribution is -2.46. The van der Waals surface area contributed by atoms with Crippen molar-refractivity contribution in [3.63, 3.8) is 0 Å². The van der Waals surface area contributed by atoms with E-state index < -0.39 is 0 Å². The Labute approximate surface area is 130 Å². The highest BCUT2D eigenvalue weighted by molar-refractivity contribution is 6.30. The van der Waals surface area contributed by atoms with Crippen LogP contribution in [0.1, 0.15) is 5.56 Å². The summed E-state index contributed by atoms with van der Waals surface area (Å²) < 4.78 is 0. The van der Waals surface area contributed by atoms with E-state index in [0.29, 0.717) is 0 Å². The summed E-state index contributed by atoms with van der Waals surface area (Å²) in [4.78, 5) is 7.18. The quantitative estimate of drug-likeness (QED) is 0.680. The number of nitrogens with zero attached hydrogens (tertiary/aromatic N) is 2. The van der Waals surface area contributed by atoms with Gasteiger partial charge in [0.2, 0.25) is 0 Å². The second-order valence-corrected chi connectivity index (χ2v) is 5.45. The van der Waals surface area contributed by atoms with Crippen LogP contribution in [0, 0.1) is 0 Å². The monoisotopic (exact) mass is 299 g/mol. The van der Waals surface area contributed by atoms with Gasteiger partial charge in [-0.1, -0.05) is 41.9 Å². The molecule has 2 aromatic carbocycles. The highest BCUT2D eigenvalue weighted by Gasteiger charge is 2.16. The van der Waals surface area contributed by atoms with Crippen molar-refractivity contribution in [3.05, 3.63) is 65.2 Å². The van der Waals surface area contributed by atoms with E-state index in [9.17, 15) is 0 Å². The molecule has 1 saturated heterocycles. The van der Waals surface area contributed by atoms with Crippen LogP contribution in [0.3, 0.4) is 0 Å². The van der Waals surface area contributed by atoms with Crippen molar-refractivity contribution in [1.29, 1.82) is 0 Å². The zero-order chi connectivity index (χ0) is 14.5. The highest BCUT2D eigenvalue weighted by atomic mass is 35.5. The molecular weight excluding hydrogens is 282 g/mol. The van der Waals surface area contributed by atoms with Crippen molar-refractivity contribution in [2.75, 3.05) is 26.2 Å². The smallest absolute Gasteiger partial charge is 0.136 e. The van der Waals surface area contributed by atoms with Gasteiger partial charge in [-0.2, -0.15) is 0 Å². The average molecular weight is 300 g/mol. The molecule has 1 fully saturated rings. The molecule has 0 spiro atoms. The predicted molar refractivity (Wildman–Crippen MR) is 88.5 cm³/mol. The summed E-state index contributed by atoms with van der Waals surface area (Å²) >= 11 is 5.95. The minimum atomic E-state index is 0.734. The largest absolute Gasteiger partial charge is 0.354 e. The number of halogens is 1. The molecule has 1 N–H and O–H groups in total. The second kappa shape index (κ2) is 6.74. The van der Waals surface area contributed by atoms with E-state index in [0.717, 1.165) is 48.3 Å². The highest BCUT2D eigenvalue weighted by Crippen LogP contribution is 2.19. The van der Waals surface area contributed by atoms with Gasteiger partial charge in [-0.3, -0.25) is 0 Å². The average Bonchev–Trinajstić information content (AvgIpc) is 2.56. The molecule has 21 heavy (non-hydrogen) atoms. The SMILES string of the molecule is Clc1ccc(N=C(c2ccccc2)N2CCNCC2)cc1. The summed E-state index contributed by atoms with van der Waals surface area (Å²) in [6.45, 7) is 3.93. The first-order chi connectivity index (χ1) is 10.3. The van der Waals surface area contributed by atoms with Crippen molar-refractivity contribution < 1.29 is 0 Å². The fourth-order valence-corrected chi connectivity index (χ4v) is 2.55. The van der Waals surface area contributed by atoms with Gasteiger partial charge in [-0.05, 0) is 24.3 Å². The maximum atomic E-state index is 5.95. The first kappa shape index (κ1) is 14.1. The van der Waals surface area contributed by atoms with Crippen LogP contribution >= 0.6 is 11.6 Å². The lowest BCUT2D eigenvalue weighted by molar-refractivity contribution is 0.358. The van der Waals surface area contributed by atoms with Crippen LogP contribution in [0.4, 0.5) is 5.69 Å². The van der Waals surface area contributed by atoms with E-state index in [1.54, 1.807) is 0 Å². The summed E-state index contributed by atoms with van der Waals surface area (Å²) in [7, 11) is 0. The van der Waals surface area contributed by atoms with Crippen LogP contribution in [0.15, 0.2) is 59.6 Å². The van der Waals surface area contributed by atoms with Crippen LogP contribution in [0.25, 0.3) is 0 Å². The number of nitrogens with one attached hydrogen (secondary N) is 1. The summed E-state index contributed by atoms with van der Waals surface area (Å²) in [5, 5.41) is 4.11. The molecule has 3 nitrogen and oxygen atoms in total. The van der Waals surface area contributed by atoms with Crippen molar-refractivity contribution in [3.8, 4) is 0 Å². The summed E-state index contributed by atoms with van der Waals surface area (Å²) in [6.07, 6.45) is 0. The Balaban J connectivity index is 1.96. The normalized spacial score (nSPS) is 16.0. The van der Waals surface area contributed by atoms with Gasteiger partial charge in [0.25, 0.3) is 0 Å². The third-order valence-corrected chi connectivity index (χ3v) is 3.76. The van der Waals surface area contributed by atoms with Crippen LogP contribution in [-0.2, 0) is 0 Å². The molecule has 1 heterocycles. The van der Waals surface area contributed by atoms with Crippen LogP contribution in [-0.4, -0.2) is 36.9 Å². The van der Waals surface area contributed by atoms with Crippen molar-refractivity contribution >= 4 is 23.1 Å². The topological polar surface area (TPSA) is 27.6 Å². The fourth-order valence-electron chi connectivity index (χ4n) is 2.42. The number of hydrogen-bond acceptors (Lipinski definition) is 2. The van der Waals surface area contributed by atoms with Crippen LogP contribution < -0.4 is 5.32 Å². The molecular formula is C17H18ClN3. The fraction of sp³-hybridized carbons (Fsp3) is 0.235. The molecule has 0 saturated carbocycles. The number of piperazine rings is 1. The lowest BCUT2D eigenvalue weighted by atomic mass is 10.1. The third kappa shape index (κ3) is 3.63.